The van der Waals surface area contributed by atoms with Gasteiger partial charge in [0.2, 0.25) is 5.91 Å². The fraction of sp³-hybridized carbons (Fsp3) is 0.308. The number of benzene rings is 1. The maximum atomic E-state index is 11.7. The zero-order valence-corrected chi connectivity index (χ0v) is 10.9. The molecule has 20 heavy (non-hydrogen) atoms. The van der Waals surface area contributed by atoms with Crippen LogP contribution in [0.2, 0.25) is 0 Å². The molecule has 0 saturated heterocycles. The van der Waals surface area contributed by atoms with Crippen molar-refractivity contribution in [2.24, 2.45) is 5.73 Å². The Balaban J connectivity index is 2.60. The number of hydrogen-bond donors (Lipinski definition) is 1. The van der Waals surface area contributed by atoms with Gasteiger partial charge in [0.25, 0.3) is 0 Å². The van der Waals surface area contributed by atoms with Crippen molar-refractivity contribution in [1.29, 1.82) is 0 Å². The van der Waals surface area contributed by atoms with E-state index in [9.17, 15) is 19.5 Å². The van der Waals surface area contributed by atoms with Gasteiger partial charge in [-0.25, -0.2) is 4.79 Å². The van der Waals surface area contributed by atoms with Crippen LogP contribution in [0.1, 0.15) is 12.0 Å². The van der Waals surface area contributed by atoms with Crippen molar-refractivity contribution in [3.63, 3.8) is 0 Å². The second kappa shape index (κ2) is 7.13. The smallest absolute Gasteiger partial charge is 0.410 e. The highest BCUT2D eigenvalue weighted by Gasteiger charge is 2.24. The third-order valence-corrected chi connectivity index (χ3v) is 2.63. The van der Waals surface area contributed by atoms with Gasteiger partial charge in [-0.3, -0.25) is 4.79 Å². The summed E-state index contributed by atoms with van der Waals surface area (Å²) in [5, 5.41) is 10.9. The predicted molar refractivity (Wildman–Crippen MR) is 67.0 cm³/mol. The maximum Gasteiger partial charge on any atom is 0.410 e. The SMILES string of the molecule is CN(C(=O)OCc1ccccc1)C(CC(N)=O)C(=O)[O-]. The number of carbonyl (C=O) groups excluding carboxylic acids is 3. The van der Waals surface area contributed by atoms with Crippen molar-refractivity contribution in [1.82, 2.24) is 4.90 Å². The molecular weight excluding hydrogens is 264 g/mol. The van der Waals surface area contributed by atoms with Crippen LogP contribution < -0.4 is 10.8 Å². The molecule has 0 aliphatic carbocycles. The molecule has 0 aromatic heterocycles. The molecule has 0 bridgehead atoms. The van der Waals surface area contributed by atoms with Crippen molar-refractivity contribution in [3.8, 4) is 0 Å². The highest BCUT2D eigenvalue weighted by Crippen LogP contribution is 2.06. The van der Waals surface area contributed by atoms with E-state index in [4.69, 9.17) is 10.5 Å². The van der Waals surface area contributed by atoms with Crippen LogP contribution in [-0.4, -0.2) is 36.0 Å². The first-order valence-electron chi connectivity index (χ1n) is 5.84. The second-order valence-electron chi connectivity index (χ2n) is 4.16. The highest BCUT2D eigenvalue weighted by atomic mass is 16.6. The molecule has 0 fully saturated rings. The molecule has 0 saturated carbocycles. The van der Waals surface area contributed by atoms with E-state index in [0.717, 1.165) is 10.5 Å². The van der Waals surface area contributed by atoms with Gasteiger partial charge in [0, 0.05) is 7.05 Å². The minimum atomic E-state index is -1.57. The summed E-state index contributed by atoms with van der Waals surface area (Å²) >= 11 is 0. The van der Waals surface area contributed by atoms with Gasteiger partial charge in [-0.2, -0.15) is 0 Å². The molecule has 2 N–H and O–H groups in total. The Labute approximate surface area is 115 Å². The number of aliphatic carboxylic acids is 1. The molecule has 7 nitrogen and oxygen atoms in total. The molecule has 1 aromatic carbocycles. The lowest BCUT2D eigenvalue weighted by molar-refractivity contribution is -0.310. The molecule has 0 aliphatic rings. The summed E-state index contributed by atoms with van der Waals surface area (Å²) in [6.07, 6.45) is -1.40. The van der Waals surface area contributed by atoms with E-state index in [0.29, 0.717) is 0 Å². The Bertz CT molecular complexity index is 489. The van der Waals surface area contributed by atoms with Crippen LogP contribution in [0, 0.1) is 0 Å². The molecule has 1 unspecified atom stereocenters. The van der Waals surface area contributed by atoms with Crippen molar-refractivity contribution in [2.75, 3.05) is 7.05 Å². The van der Waals surface area contributed by atoms with Gasteiger partial charge >= 0.3 is 6.09 Å². The molecule has 0 aliphatic heterocycles. The lowest BCUT2D eigenvalue weighted by Gasteiger charge is -2.27. The van der Waals surface area contributed by atoms with Crippen LogP contribution in [0.3, 0.4) is 0 Å². The average Bonchev–Trinajstić information content (AvgIpc) is 2.42. The molecular formula is C13H15N2O5-. The van der Waals surface area contributed by atoms with Gasteiger partial charge in [-0.1, -0.05) is 30.3 Å². The van der Waals surface area contributed by atoms with E-state index >= 15 is 0 Å². The number of ether oxygens (including phenoxy) is 1. The van der Waals surface area contributed by atoms with Gasteiger partial charge in [-0.05, 0) is 5.56 Å². The quantitative estimate of drug-likeness (QED) is 0.736. The van der Waals surface area contributed by atoms with E-state index in [-0.39, 0.29) is 6.61 Å². The summed E-state index contributed by atoms with van der Waals surface area (Å²) in [6.45, 7) is 0.000350. The number of nitrogens with zero attached hydrogens (tertiary/aromatic N) is 1. The van der Waals surface area contributed by atoms with Crippen LogP contribution in [0.4, 0.5) is 4.79 Å². The van der Waals surface area contributed by atoms with Crippen molar-refractivity contribution in [2.45, 2.75) is 19.1 Å². The molecule has 1 atom stereocenters. The standard InChI is InChI=1S/C13H16N2O5/c1-15(10(12(17)18)7-11(14)16)13(19)20-8-9-5-3-2-4-6-9/h2-6,10H,7-8H2,1H3,(H2,14,16)(H,17,18)/p-1. The van der Waals surface area contributed by atoms with E-state index < -0.39 is 30.4 Å². The Kier molecular flexibility index (Phi) is 5.52. The summed E-state index contributed by atoms with van der Waals surface area (Å²) < 4.78 is 4.95. The summed E-state index contributed by atoms with van der Waals surface area (Å²) in [6, 6.07) is 7.44. The molecule has 0 radical (unpaired) electrons. The Morgan fingerprint density at radius 1 is 1.30 bits per heavy atom. The number of likely N-dealkylation sites (N-methyl/N-ethyl adjacent to an activating group) is 1. The van der Waals surface area contributed by atoms with E-state index in [1.807, 2.05) is 6.07 Å². The number of nitrogens with two attached hydrogens (primary N) is 1. The Hall–Kier alpha value is -2.57. The largest absolute Gasteiger partial charge is 0.548 e. The average molecular weight is 279 g/mol. The van der Waals surface area contributed by atoms with Crippen LogP contribution in [-0.2, 0) is 20.9 Å². The van der Waals surface area contributed by atoms with Crippen molar-refractivity contribution in [3.05, 3.63) is 35.9 Å². The summed E-state index contributed by atoms with van der Waals surface area (Å²) in [7, 11) is 1.21. The summed E-state index contributed by atoms with van der Waals surface area (Å²) in [5.74, 6) is -2.41. The molecule has 2 amide bonds. The van der Waals surface area contributed by atoms with Gasteiger partial charge in [0.05, 0.1) is 18.4 Å². The first kappa shape index (κ1) is 15.5. The maximum absolute atomic E-state index is 11.7. The van der Waals surface area contributed by atoms with Gasteiger partial charge in [0.1, 0.15) is 6.61 Å². The fourth-order valence-electron chi connectivity index (χ4n) is 1.52. The van der Waals surface area contributed by atoms with E-state index in [2.05, 4.69) is 0 Å². The van der Waals surface area contributed by atoms with E-state index in [1.165, 1.54) is 7.05 Å². The number of carboxylic acid groups (broad SMARTS) is 1. The van der Waals surface area contributed by atoms with E-state index in [1.54, 1.807) is 24.3 Å². The number of amides is 2. The topological polar surface area (TPSA) is 113 Å². The van der Waals surface area contributed by atoms with Crippen molar-refractivity contribution >= 4 is 18.0 Å². The van der Waals surface area contributed by atoms with Crippen LogP contribution in [0.5, 0.6) is 0 Å². The number of primary amides is 1. The highest BCUT2D eigenvalue weighted by molar-refractivity contribution is 5.85. The molecule has 7 heteroatoms. The monoisotopic (exact) mass is 279 g/mol. The molecule has 0 spiro atoms. The van der Waals surface area contributed by atoms with Crippen LogP contribution in [0.15, 0.2) is 30.3 Å². The van der Waals surface area contributed by atoms with Crippen molar-refractivity contribution < 1.29 is 24.2 Å². The van der Waals surface area contributed by atoms with Gasteiger partial charge in [-0.15, -0.1) is 0 Å². The first-order chi connectivity index (χ1) is 9.41. The van der Waals surface area contributed by atoms with Gasteiger partial charge in [0.15, 0.2) is 0 Å². The molecule has 1 rings (SSSR count). The third-order valence-electron chi connectivity index (χ3n) is 2.63. The Morgan fingerprint density at radius 3 is 2.40 bits per heavy atom. The minimum Gasteiger partial charge on any atom is -0.548 e. The Morgan fingerprint density at radius 2 is 1.90 bits per heavy atom. The first-order valence-corrected chi connectivity index (χ1v) is 5.84. The molecule has 1 aromatic rings. The second-order valence-corrected chi connectivity index (χ2v) is 4.16. The zero-order chi connectivity index (χ0) is 15.1. The molecule has 108 valence electrons. The van der Waals surface area contributed by atoms with Crippen LogP contribution in [0.25, 0.3) is 0 Å². The lowest BCUT2D eigenvalue weighted by atomic mass is 10.2. The summed E-state index contributed by atoms with van der Waals surface area (Å²) in [5.41, 5.74) is 5.68. The van der Waals surface area contributed by atoms with Gasteiger partial charge < -0.3 is 25.3 Å². The zero-order valence-electron chi connectivity index (χ0n) is 10.9. The number of hydrogen-bond acceptors (Lipinski definition) is 5. The lowest BCUT2D eigenvalue weighted by Crippen LogP contribution is -2.50. The summed E-state index contributed by atoms with van der Waals surface area (Å²) in [4.78, 5) is 34.1. The number of carbonyl (C=O) groups is 3. The minimum absolute atomic E-state index is 0.000350. The van der Waals surface area contributed by atoms with Crippen LogP contribution >= 0.6 is 0 Å². The number of rotatable bonds is 6. The predicted octanol–water partition coefficient (Wildman–Crippen LogP) is -0.751. The molecule has 0 heterocycles. The number of carboxylic acids is 1. The fourth-order valence-corrected chi connectivity index (χ4v) is 1.52. The normalized spacial score (nSPS) is 11.4. The third kappa shape index (κ3) is 4.60.